The monoisotopic (exact) mass is 324 g/mol. The fourth-order valence-corrected chi connectivity index (χ4v) is 3.68. The Morgan fingerprint density at radius 2 is 2.21 bits per heavy atom. The molecule has 124 valence electrons. The van der Waals surface area contributed by atoms with E-state index in [-0.39, 0.29) is 11.9 Å². The molecule has 1 fully saturated rings. The van der Waals surface area contributed by atoms with Crippen LogP contribution in [-0.4, -0.2) is 32.1 Å². The maximum atomic E-state index is 13.3. The Labute approximate surface area is 140 Å². The first-order chi connectivity index (χ1) is 11.6. The van der Waals surface area contributed by atoms with E-state index >= 15 is 0 Å². The smallest absolute Gasteiger partial charge is 0.255 e. The van der Waals surface area contributed by atoms with Gasteiger partial charge in [-0.05, 0) is 44.9 Å². The lowest BCUT2D eigenvalue weighted by Gasteiger charge is -2.23. The maximum absolute atomic E-state index is 13.3. The Kier molecular flexibility index (Phi) is 3.40. The number of nitrogens with zero attached hydrogens (tertiary/aromatic N) is 4. The number of carbonyl (C=O) groups is 1. The zero-order valence-corrected chi connectivity index (χ0v) is 14.1. The molecule has 6 nitrogen and oxygen atoms in total. The molecule has 4 rings (SSSR count). The summed E-state index contributed by atoms with van der Waals surface area (Å²) in [5.74, 6) is 0.881. The minimum atomic E-state index is 0.00741. The maximum Gasteiger partial charge on any atom is 0.255 e. The van der Waals surface area contributed by atoms with Gasteiger partial charge in [0.1, 0.15) is 5.76 Å². The summed E-state index contributed by atoms with van der Waals surface area (Å²) < 4.78 is 7.29. The number of fused-ring (bicyclic) bond motifs is 1. The number of hydrogen-bond acceptors (Lipinski definition) is 4. The summed E-state index contributed by atoms with van der Waals surface area (Å²) in [4.78, 5) is 19.8. The molecular weight excluding hydrogens is 304 g/mol. The summed E-state index contributed by atoms with van der Waals surface area (Å²) in [6.07, 6.45) is 3.57. The van der Waals surface area contributed by atoms with Crippen LogP contribution in [0.2, 0.25) is 0 Å². The lowest BCUT2D eigenvalue weighted by molar-refractivity contribution is 0.0721. The van der Waals surface area contributed by atoms with Gasteiger partial charge in [-0.1, -0.05) is 0 Å². The summed E-state index contributed by atoms with van der Waals surface area (Å²) in [7, 11) is 1.86. The van der Waals surface area contributed by atoms with Crippen LogP contribution in [-0.2, 0) is 7.05 Å². The Bertz CT molecular complexity index is 911. The molecule has 0 unspecified atom stereocenters. The number of amides is 1. The molecule has 4 heterocycles. The number of aryl methyl sites for hydroxylation is 3. The first-order valence-corrected chi connectivity index (χ1v) is 8.21. The van der Waals surface area contributed by atoms with Crippen molar-refractivity contribution < 1.29 is 9.21 Å². The average Bonchev–Trinajstić information content (AvgIpc) is 3.27. The van der Waals surface area contributed by atoms with Gasteiger partial charge in [0.05, 0.1) is 28.9 Å². The standard InChI is InChI=1S/C18H20N4O2/c1-11-10-13(16-12(2)20-21(3)17(16)19-11)18(23)22-8-4-6-14(22)15-7-5-9-24-15/h5,7,9-10,14H,4,6,8H2,1-3H3/t14-/m0/s1. The van der Waals surface area contributed by atoms with Gasteiger partial charge in [-0.15, -0.1) is 0 Å². The first kappa shape index (κ1) is 14.9. The van der Waals surface area contributed by atoms with Gasteiger partial charge in [0, 0.05) is 19.3 Å². The van der Waals surface area contributed by atoms with E-state index < -0.39 is 0 Å². The summed E-state index contributed by atoms with van der Waals surface area (Å²) in [6, 6.07) is 5.69. The average molecular weight is 324 g/mol. The molecule has 1 amide bonds. The van der Waals surface area contributed by atoms with Crippen molar-refractivity contribution in [2.75, 3.05) is 6.54 Å². The fourth-order valence-electron chi connectivity index (χ4n) is 3.68. The van der Waals surface area contributed by atoms with E-state index in [1.807, 2.05) is 44.0 Å². The van der Waals surface area contributed by atoms with Crippen LogP contribution in [0.4, 0.5) is 0 Å². The fraction of sp³-hybridized carbons (Fsp3) is 0.389. The van der Waals surface area contributed by atoms with E-state index in [4.69, 9.17) is 4.42 Å². The number of rotatable bonds is 2. The molecule has 0 N–H and O–H groups in total. The number of hydrogen-bond donors (Lipinski definition) is 0. The molecule has 1 atom stereocenters. The first-order valence-electron chi connectivity index (χ1n) is 8.21. The van der Waals surface area contributed by atoms with Crippen LogP contribution in [0.1, 0.15) is 46.4 Å². The van der Waals surface area contributed by atoms with Crippen LogP contribution >= 0.6 is 0 Å². The van der Waals surface area contributed by atoms with Crippen LogP contribution in [0.5, 0.6) is 0 Å². The lowest BCUT2D eigenvalue weighted by atomic mass is 10.1. The number of furan rings is 1. The second-order valence-electron chi connectivity index (χ2n) is 6.39. The Balaban J connectivity index is 1.81. The summed E-state index contributed by atoms with van der Waals surface area (Å²) in [6.45, 7) is 4.57. The van der Waals surface area contributed by atoms with Crippen LogP contribution in [0.15, 0.2) is 28.9 Å². The molecule has 0 bridgehead atoms. The number of aromatic nitrogens is 3. The Morgan fingerprint density at radius 3 is 2.96 bits per heavy atom. The molecular formula is C18H20N4O2. The molecule has 1 saturated heterocycles. The molecule has 0 aromatic carbocycles. The van der Waals surface area contributed by atoms with Gasteiger partial charge < -0.3 is 9.32 Å². The highest BCUT2D eigenvalue weighted by molar-refractivity contribution is 6.06. The molecule has 3 aromatic rings. The second-order valence-corrected chi connectivity index (χ2v) is 6.39. The van der Waals surface area contributed by atoms with Crippen molar-refractivity contribution >= 4 is 16.9 Å². The van der Waals surface area contributed by atoms with Crippen molar-refractivity contribution in [2.45, 2.75) is 32.7 Å². The lowest BCUT2D eigenvalue weighted by Crippen LogP contribution is -2.30. The molecule has 0 saturated carbocycles. The van der Waals surface area contributed by atoms with Crippen LogP contribution in [0, 0.1) is 13.8 Å². The highest BCUT2D eigenvalue weighted by atomic mass is 16.3. The van der Waals surface area contributed by atoms with Crippen molar-refractivity contribution in [1.29, 1.82) is 0 Å². The van der Waals surface area contributed by atoms with Gasteiger partial charge in [0.25, 0.3) is 5.91 Å². The van der Waals surface area contributed by atoms with E-state index in [1.165, 1.54) is 0 Å². The van der Waals surface area contributed by atoms with E-state index in [0.717, 1.165) is 47.6 Å². The van der Waals surface area contributed by atoms with Gasteiger partial charge in [-0.2, -0.15) is 5.10 Å². The van der Waals surface area contributed by atoms with E-state index in [1.54, 1.807) is 10.9 Å². The van der Waals surface area contributed by atoms with Crippen molar-refractivity contribution in [2.24, 2.45) is 7.05 Å². The SMILES string of the molecule is Cc1cc(C(=O)N2CCC[C@H]2c2ccco2)c2c(C)nn(C)c2n1. The molecule has 1 aliphatic heterocycles. The second kappa shape index (κ2) is 5.47. The topological polar surface area (TPSA) is 64.2 Å². The van der Waals surface area contributed by atoms with E-state index in [2.05, 4.69) is 10.1 Å². The highest BCUT2D eigenvalue weighted by Crippen LogP contribution is 2.34. The van der Waals surface area contributed by atoms with Gasteiger partial charge in [0.15, 0.2) is 5.65 Å². The van der Waals surface area contributed by atoms with Gasteiger partial charge >= 0.3 is 0 Å². The Hall–Kier alpha value is -2.63. The van der Waals surface area contributed by atoms with Crippen LogP contribution in [0.3, 0.4) is 0 Å². The van der Waals surface area contributed by atoms with Gasteiger partial charge in [0.2, 0.25) is 0 Å². The molecule has 6 heteroatoms. The molecule has 0 aliphatic carbocycles. The van der Waals surface area contributed by atoms with Crippen LogP contribution in [0.25, 0.3) is 11.0 Å². The molecule has 0 spiro atoms. The zero-order valence-electron chi connectivity index (χ0n) is 14.1. The molecule has 0 radical (unpaired) electrons. The third kappa shape index (κ3) is 2.21. The highest BCUT2D eigenvalue weighted by Gasteiger charge is 2.33. The number of carbonyl (C=O) groups excluding carboxylic acids is 1. The van der Waals surface area contributed by atoms with E-state index in [9.17, 15) is 4.79 Å². The minimum Gasteiger partial charge on any atom is -0.467 e. The normalized spacial score (nSPS) is 17.8. The van der Waals surface area contributed by atoms with E-state index in [0.29, 0.717) is 5.56 Å². The predicted molar refractivity (Wildman–Crippen MR) is 89.7 cm³/mol. The predicted octanol–water partition coefficient (Wildman–Crippen LogP) is 3.16. The number of pyridine rings is 1. The van der Waals surface area contributed by atoms with Gasteiger partial charge in [-0.3, -0.25) is 9.48 Å². The molecule has 24 heavy (non-hydrogen) atoms. The Morgan fingerprint density at radius 1 is 1.38 bits per heavy atom. The largest absolute Gasteiger partial charge is 0.467 e. The van der Waals surface area contributed by atoms with Crippen molar-refractivity contribution in [3.8, 4) is 0 Å². The van der Waals surface area contributed by atoms with Gasteiger partial charge in [-0.25, -0.2) is 4.98 Å². The summed E-state index contributed by atoms with van der Waals surface area (Å²) >= 11 is 0. The van der Waals surface area contributed by atoms with Crippen molar-refractivity contribution in [3.05, 3.63) is 47.2 Å². The third-order valence-electron chi connectivity index (χ3n) is 4.71. The third-order valence-corrected chi connectivity index (χ3v) is 4.71. The quantitative estimate of drug-likeness (QED) is 0.726. The summed E-state index contributed by atoms with van der Waals surface area (Å²) in [5.41, 5.74) is 3.09. The zero-order chi connectivity index (χ0) is 16.8. The van der Waals surface area contributed by atoms with Crippen molar-refractivity contribution in [3.63, 3.8) is 0 Å². The molecule has 1 aliphatic rings. The summed E-state index contributed by atoms with van der Waals surface area (Å²) in [5, 5.41) is 5.28. The minimum absolute atomic E-state index is 0.00741. The molecule has 3 aromatic heterocycles. The van der Waals surface area contributed by atoms with Crippen LogP contribution < -0.4 is 0 Å². The van der Waals surface area contributed by atoms with Crippen molar-refractivity contribution in [1.82, 2.24) is 19.7 Å². The number of likely N-dealkylation sites (tertiary alicyclic amines) is 1.